The van der Waals surface area contributed by atoms with Gasteiger partial charge in [-0.15, -0.1) is 0 Å². The maximum atomic E-state index is 12.0. The van der Waals surface area contributed by atoms with Gasteiger partial charge in [-0.3, -0.25) is 5.84 Å². The second-order valence-electron chi connectivity index (χ2n) is 2.33. The average Bonchev–Trinajstić information content (AvgIpc) is 2.01. The van der Waals surface area contributed by atoms with E-state index in [4.69, 9.17) is 5.84 Å². The Morgan fingerprint density at radius 3 is 2.43 bits per heavy atom. The molecule has 0 saturated heterocycles. The van der Waals surface area contributed by atoms with Gasteiger partial charge in [0.05, 0.1) is 5.69 Å². The lowest BCUT2D eigenvalue weighted by Crippen LogP contribution is -2.08. The van der Waals surface area contributed by atoms with Crippen LogP contribution in [-0.4, -0.2) is 5.51 Å². The monoisotopic (exact) mass is 334 g/mol. The molecule has 1 aromatic carbocycles. The fourth-order valence-electron chi connectivity index (χ4n) is 0.810. The van der Waals surface area contributed by atoms with Crippen LogP contribution in [0, 0.1) is 3.57 Å². The minimum absolute atomic E-state index is 0.139. The van der Waals surface area contributed by atoms with Crippen molar-refractivity contribution in [2.24, 2.45) is 5.84 Å². The summed E-state index contributed by atoms with van der Waals surface area (Å²) in [7, 11) is 0. The van der Waals surface area contributed by atoms with E-state index < -0.39 is 5.51 Å². The molecule has 0 aliphatic carbocycles. The van der Waals surface area contributed by atoms with E-state index in [2.05, 4.69) is 5.43 Å². The van der Waals surface area contributed by atoms with Crippen molar-refractivity contribution in [3.05, 3.63) is 21.8 Å². The summed E-state index contributed by atoms with van der Waals surface area (Å²) in [5.41, 5.74) is -1.25. The maximum absolute atomic E-state index is 12.0. The standard InChI is InChI=1S/C7H6F3IN2S/c8-7(9,10)14-4-1-2-6(13-12)5(11)3-4/h1-3,13H,12H2. The van der Waals surface area contributed by atoms with Gasteiger partial charge in [0.1, 0.15) is 0 Å². The van der Waals surface area contributed by atoms with E-state index in [9.17, 15) is 13.2 Å². The topological polar surface area (TPSA) is 38.0 Å². The summed E-state index contributed by atoms with van der Waals surface area (Å²) in [6.07, 6.45) is 0. The number of hydrogen-bond donors (Lipinski definition) is 2. The summed E-state index contributed by atoms with van der Waals surface area (Å²) in [5, 5.41) is 0. The Hall–Kier alpha value is -0.150. The number of nitrogens with two attached hydrogens (primary N) is 1. The normalized spacial score (nSPS) is 11.5. The molecule has 0 unspecified atom stereocenters. The molecular formula is C7H6F3IN2S. The molecule has 0 fully saturated rings. The number of alkyl halides is 3. The van der Waals surface area contributed by atoms with Gasteiger partial charge in [0.15, 0.2) is 0 Å². The number of thioether (sulfide) groups is 1. The third-order valence-corrected chi connectivity index (χ3v) is 2.94. The number of halogens is 4. The quantitative estimate of drug-likeness (QED) is 0.378. The molecule has 3 N–H and O–H groups in total. The van der Waals surface area contributed by atoms with Crippen LogP contribution < -0.4 is 11.3 Å². The zero-order valence-corrected chi connectivity index (χ0v) is 9.70. The Balaban J connectivity index is 2.87. The molecule has 0 aliphatic rings. The SMILES string of the molecule is NNc1ccc(SC(F)(F)F)cc1I. The van der Waals surface area contributed by atoms with Gasteiger partial charge in [0.2, 0.25) is 0 Å². The Morgan fingerprint density at radius 2 is 2.00 bits per heavy atom. The molecule has 0 aliphatic heterocycles. The van der Waals surface area contributed by atoms with Crippen molar-refractivity contribution in [3.8, 4) is 0 Å². The van der Waals surface area contributed by atoms with Crippen LogP contribution >= 0.6 is 34.4 Å². The number of nitrogens with one attached hydrogen (secondary N) is 1. The predicted molar refractivity (Wildman–Crippen MR) is 58.9 cm³/mol. The van der Waals surface area contributed by atoms with E-state index in [0.29, 0.717) is 9.26 Å². The van der Waals surface area contributed by atoms with E-state index in [1.54, 1.807) is 0 Å². The molecule has 0 bridgehead atoms. The van der Waals surface area contributed by atoms with Gasteiger partial charge < -0.3 is 5.43 Å². The molecule has 0 spiro atoms. The smallest absolute Gasteiger partial charge is 0.323 e. The number of anilines is 1. The lowest BCUT2D eigenvalue weighted by molar-refractivity contribution is -0.0328. The molecule has 2 nitrogen and oxygen atoms in total. The first-order valence-corrected chi connectivity index (χ1v) is 5.34. The first kappa shape index (κ1) is 11.9. The van der Waals surface area contributed by atoms with Gasteiger partial charge in [-0.25, -0.2) is 0 Å². The van der Waals surface area contributed by atoms with Crippen molar-refractivity contribution in [2.45, 2.75) is 10.4 Å². The first-order valence-electron chi connectivity index (χ1n) is 3.44. The van der Waals surface area contributed by atoms with Crippen LogP contribution in [0.5, 0.6) is 0 Å². The van der Waals surface area contributed by atoms with E-state index in [0.717, 1.165) is 0 Å². The average molecular weight is 334 g/mol. The predicted octanol–water partition coefficient (Wildman–Crippen LogP) is 3.19. The molecule has 0 heterocycles. The van der Waals surface area contributed by atoms with Gasteiger partial charge in [-0.05, 0) is 52.6 Å². The minimum Gasteiger partial charge on any atom is -0.323 e. The van der Waals surface area contributed by atoms with Gasteiger partial charge in [0, 0.05) is 8.47 Å². The largest absolute Gasteiger partial charge is 0.446 e. The molecule has 7 heteroatoms. The summed E-state index contributed by atoms with van der Waals surface area (Å²) < 4.78 is 36.6. The van der Waals surface area contributed by atoms with E-state index in [1.807, 2.05) is 22.6 Å². The Bertz CT molecular complexity index is 329. The molecule has 0 amide bonds. The summed E-state index contributed by atoms with van der Waals surface area (Å²) in [4.78, 5) is 0.154. The highest BCUT2D eigenvalue weighted by molar-refractivity contribution is 14.1. The Labute approximate surface area is 96.5 Å². The number of nitrogen functional groups attached to an aromatic ring is 1. The fourth-order valence-corrected chi connectivity index (χ4v) is 2.27. The van der Waals surface area contributed by atoms with Crippen molar-refractivity contribution in [1.82, 2.24) is 0 Å². The zero-order valence-electron chi connectivity index (χ0n) is 6.73. The first-order chi connectivity index (χ1) is 6.42. The van der Waals surface area contributed by atoms with Crippen LogP contribution in [-0.2, 0) is 0 Å². The third kappa shape index (κ3) is 3.54. The van der Waals surface area contributed by atoms with Crippen LogP contribution in [0.1, 0.15) is 0 Å². The third-order valence-electron chi connectivity index (χ3n) is 1.33. The van der Waals surface area contributed by atoms with Crippen molar-refractivity contribution < 1.29 is 13.2 Å². The summed E-state index contributed by atoms with van der Waals surface area (Å²) in [6, 6.07) is 4.30. The van der Waals surface area contributed by atoms with Crippen LogP contribution in [0.3, 0.4) is 0 Å². The van der Waals surface area contributed by atoms with Crippen LogP contribution in [0.4, 0.5) is 18.9 Å². The van der Waals surface area contributed by atoms with Crippen LogP contribution in [0.15, 0.2) is 23.1 Å². The Morgan fingerprint density at radius 1 is 1.36 bits per heavy atom. The highest BCUT2D eigenvalue weighted by Gasteiger charge is 2.29. The lowest BCUT2D eigenvalue weighted by Gasteiger charge is -2.08. The summed E-state index contributed by atoms with van der Waals surface area (Å²) in [5.74, 6) is 5.14. The van der Waals surface area contributed by atoms with E-state index in [1.165, 1.54) is 18.2 Å². The number of hydrazine groups is 1. The van der Waals surface area contributed by atoms with E-state index in [-0.39, 0.29) is 16.7 Å². The lowest BCUT2D eigenvalue weighted by atomic mass is 10.3. The van der Waals surface area contributed by atoms with Gasteiger partial charge in [-0.2, -0.15) is 13.2 Å². The summed E-state index contributed by atoms with van der Waals surface area (Å²) in [6.45, 7) is 0. The molecule has 78 valence electrons. The zero-order chi connectivity index (χ0) is 10.8. The molecular weight excluding hydrogens is 328 g/mol. The number of rotatable bonds is 2. The van der Waals surface area contributed by atoms with Gasteiger partial charge in [0.25, 0.3) is 0 Å². The van der Waals surface area contributed by atoms with Gasteiger partial charge >= 0.3 is 5.51 Å². The molecule has 1 rings (SSSR count). The number of hydrogen-bond acceptors (Lipinski definition) is 3. The highest BCUT2D eigenvalue weighted by Crippen LogP contribution is 2.38. The molecule has 0 radical (unpaired) electrons. The van der Waals surface area contributed by atoms with E-state index >= 15 is 0 Å². The number of benzene rings is 1. The molecule has 0 atom stereocenters. The Kier molecular flexibility index (Phi) is 3.90. The van der Waals surface area contributed by atoms with Gasteiger partial charge in [-0.1, -0.05) is 0 Å². The molecule has 1 aromatic rings. The minimum atomic E-state index is -4.25. The van der Waals surface area contributed by atoms with Crippen molar-refractivity contribution in [3.63, 3.8) is 0 Å². The second-order valence-corrected chi connectivity index (χ2v) is 4.63. The molecule has 0 aromatic heterocycles. The summed E-state index contributed by atoms with van der Waals surface area (Å²) >= 11 is 1.78. The highest BCUT2D eigenvalue weighted by atomic mass is 127. The maximum Gasteiger partial charge on any atom is 0.446 e. The van der Waals surface area contributed by atoms with Crippen LogP contribution in [0.2, 0.25) is 0 Å². The molecule has 0 saturated carbocycles. The van der Waals surface area contributed by atoms with Crippen molar-refractivity contribution >= 4 is 40.0 Å². The van der Waals surface area contributed by atoms with Crippen molar-refractivity contribution in [1.29, 1.82) is 0 Å². The fraction of sp³-hybridized carbons (Fsp3) is 0.143. The van der Waals surface area contributed by atoms with Crippen molar-refractivity contribution in [2.75, 3.05) is 5.43 Å². The second kappa shape index (κ2) is 4.58. The van der Waals surface area contributed by atoms with Crippen LogP contribution in [0.25, 0.3) is 0 Å². The molecule has 14 heavy (non-hydrogen) atoms.